The molecule has 0 aliphatic carbocycles. The van der Waals surface area contributed by atoms with Crippen molar-refractivity contribution in [2.75, 3.05) is 0 Å². The summed E-state index contributed by atoms with van der Waals surface area (Å²) in [6.07, 6.45) is 1.04. The van der Waals surface area contributed by atoms with Crippen LogP contribution in [0.5, 0.6) is 11.5 Å². The second-order valence-electron chi connectivity index (χ2n) is 5.27. The first kappa shape index (κ1) is 20.0. The highest BCUT2D eigenvalue weighted by Gasteiger charge is 2.13. The maximum absolute atomic E-state index is 12.6. The summed E-state index contributed by atoms with van der Waals surface area (Å²) < 4.78 is 59.1. The number of pyridine rings is 1. The van der Waals surface area contributed by atoms with Gasteiger partial charge >= 0.3 is 13.2 Å². The molecule has 0 unspecified atom stereocenters. The fraction of sp³-hybridized carbons (Fsp3) is 0.235. The number of halogens is 4. The molecular formula is C17H13F4N3O3. The molecule has 1 aromatic heterocycles. The van der Waals surface area contributed by atoms with Gasteiger partial charge in [-0.2, -0.15) is 27.9 Å². The largest absolute Gasteiger partial charge is 0.435 e. The Bertz CT molecular complexity index is 965. The average molecular weight is 383 g/mol. The summed E-state index contributed by atoms with van der Waals surface area (Å²) in [5.74, 6) is -0.849. The van der Waals surface area contributed by atoms with Gasteiger partial charge in [0.1, 0.15) is 23.1 Å². The number of nitrogens with zero attached hydrogens (tertiary/aromatic N) is 3. The number of alkyl halides is 4. The molecule has 27 heavy (non-hydrogen) atoms. The smallest absolute Gasteiger partial charge is 0.387 e. The predicted molar refractivity (Wildman–Crippen MR) is 87.6 cm³/mol. The summed E-state index contributed by atoms with van der Waals surface area (Å²) in [5.41, 5.74) is 0.0772. The fourth-order valence-corrected chi connectivity index (χ4v) is 2.28. The van der Waals surface area contributed by atoms with E-state index in [-0.39, 0.29) is 16.9 Å². The van der Waals surface area contributed by atoms with Gasteiger partial charge in [0.25, 0.3) is 5.56 Å². The Morgan fingerprint density at radius 2 is 1.81 bits per heavy atom. The maximum atomic E-state index is 12.6. The summed E-state index contributed by atoms with van der Waals surface area (Å²) in [7, 11) is 0. The predicted octanol–water partition coefficient (Wildman–Crippen LogP) is 3.42. The first-order chi connectivity index (χ1) is 12.7. The van der Waals surface area contributed by atoms with Crippen molar-refractivity contribution in [1.29, 1.82) is 5.26 Å². The van der Waals surface area contributed by atoms with E-state index in [0.717, 1.165) is 23.0 Å². The molecule has 0 radical (unpaired) electrons. The van der Waals surface area contributed by atoms with Crippen LogP contribution in [-0.4, -0.2) is 24.1 Å². The molecule has 142 valence electrons. The van der Waals surface area contributed by atoms with Gasteiger partial charge in [-0.15, -0.1) is 0 Å². The van der Waals surface area contributed by atoms with E-state index in [2.05, 4.69) is 14.6 Å². The zero-order chi connectivity index (χ0) is 20.1. The highest BCUT2D eigenvalue weighted by Crippen LogP contribution is 2.26. The van der Waals surface area contributed by atoms with Gasteiger partial charge in [-0.25, -0.2) is 4.68 Å². The minimum absolute atomic E-state index is 0.0118. The normalized spacial score (nSPS) is 11.2. The van der Waals surface area contributed by atoms with Crippen molar-refractivity contribution in [3.05, 3.63) is 57.0 Å². The minimum atomic E-state index is -3.21. The van der Waals surface area contributed by atoms with Crippen LogP contribution in [0.2, 0.25) is 0 Å². The van der Waals surface area contributed by atoms with Crippen molar-refractivity contribution in [2.45, 2.75) is 27.1 Å². The molecule has 0 saturated carbocycles. The number of nitriles is 1. The first-order valence-electron chi connectivity index (χ1n) is 7.44. The number of aromatic nitrogens is 1. The zero-order valence-electron chi connectivity index (χ0n) is 14.1. The summed E-state index contributed by atoms with van der Waals surface area (Å²) in [6, 6.07) is 6.46. The molecule has 0 spiro atoms. The van der Waals surface area contributed by atoms with Gasteiger partial charge in [0.2, 0.25) is 0 Å². The fourth-order valence-electron chi connectivity index (χ4n) is 2.28. The molecule has 0 fully saturated rings. The van der Waals surface area contributed by atoms with Gasteiger partial charge in [0.15, 0.2) is 0 Å². The number of benzene rings is 1. The third-order valence-corrected chi connectivity index (χ3v) is 3.41. The molecule has 0 N–H and O–H groups in total. The third-order valence-electron chi connectivity index (χ3n) is 3.41. The topological polar surface area (TPSA) is 76.6 Å². The highest BCUT2D eigenvalue weighted by atomic mass is 19.3. The van der Waals surface area contributed by atoms with E-state index < -0.39 is 24.5 Å². The Morgan fingerprint density at radius 1 is 1.15 bits per heavy atom. The van der Waals surface area contributed by atoms with Gasteiger partial charge in [-0.3, -0.25) is 4.79 Å². The molecule has 0 bridgehead atoms. The van der Waals surface area contributed by atoms with E-state index in [9.17, 15) is 22.4 Å². The van der Waals surface area contributed by atoms with Gasteiger partial charge in [0, 0.05) is 17.3 Å². The van der Waals surface area contributed by atoms with Gasteiger partial charge < -0.3 is 9.47 Å². The molecule has 10 heteroatoms. The van der Waals surface area contributed by atoms with Crippen LogP contribution >= 0.6 is 0 Å². The first-order valence-corrected chi connectivity index (χ1v) is 7.44. The lowest BCUT2D eigenvalue weighted by atomic mass is 10.1. The number of ether oxygens (including phenoxy) is 2. The minimum Gasteiger partial charge on any atom is -0.435 e. The van der Waals surface area contributed by atoms with Crippen molar-refractivity contribution in [1.82, 2.24) is 4.68 Å². The van der Waals surface area contributed by atoms with Gasteiger partial charge in [0.05, 0.1) is 6.21 Å². The highest BCUT2D eigenvalue weighted by molar-refractivity contribution is 5.84. The van der Waals surface area contributed by atoms with E-state index in [1.807, 2.05) is 0 Å². The number of rotatable bonds is 6. The molecule has 0 amide bonds. The van der Waals surface area contributed by atoms with Crippen LogP contribution in [0.25, 0.3) is 0 Å². The van der Waals surface area contributed by atoms with E-state index in [1.165, 1.54) is 6.07 Å². The van der Waals surface area contributed by atoms with E-state index in [0.29, 0.717) is 11.3 Å². The lowest BCUT2D eigenvalue weighted by molar-refractivity contribution is -0.0543. The second-order valence-corrected chi connectivity index (χ2v) is 5.27. The van der Waals surface area contributed by atoms with Crippen molar-refractivity contribution in [2.24, 2.45) is 5.10 Å². The summed E-state index contributed by atoms with van der Waals surface area (Å²) in [5, 5.41) is 12.9. The second kappa shape index (κ2) is 8.35. The Morgan fingerprint density at radius 3 is 2.41 bits per heavy atom. The standard InChI is InChI=1S/C17H13F4N3O3/c1-9-5-10(2)24(15(25)13(9)7-22)23-8-11-3-4-12(26-16(18)19)6-14(11)27-17(20)21/h3-6,8,16-17H,1-2H3/b23-8-. The van der Waals surface area contributed by atoms with Crippen LogP contribution < -0.4 is 15.0 Å². The molecule has 0 atom stereocenters. The summed E-state index contributed by atoms with van der Waals surface area (Å²) in [4.78, 5) is 12.3. The quantitative estimate of drug-likeness (QED) is 0.566. The lowest BCUT2D eigenvalue weighted by Gasteiger charge is -2.11. The van der Waals surface area contributed by atoms with Crippen LogP contribution in [0.1, 0.15) is 22.4 Å². The summed E-state index contributed by atoms with van der Waals surface area (Å²) >= 11 is 0. The molecule has 6 nitrogen and oxygen atoms in total. The van der Waals surface area contributed by atoms with Crippen molar-refractivity contribution in [3.63, 3.8) is 0 Å². The monoisotopic (exact) mass is 383 g/mol. The van der Waals surface area contributed by atoms with Gasteiger partial charge in [-0.1, -0.05) is 0 Å². The Labute approximate surface area is 150 Å². The third kappa shape index (κ3) is 4.84. The van der Waals surface area contributed by atoms with E-state index in [1.54, 1.807) is 26.0 Å². The Kier molecular flexibility index (Phi) is 6.18. The number of hydrogen-bond donors (Lipinski definition) is 0. The van der Waals surface area contributed by atoms with E-state index >= 15 is 0 Å². The summed E-state index contributed by atoms with van der Waals surface area (Å²) in [6.45, 7) is -3.18. The van der Waals surface area contributed by atoms with Gasteiger partial charge in [-0.05, 0) is 37.6 Å². The van der Waals surface area contributed by atoms with Crippen molar-refractivity contribution >= 4 is 6.21 Å². The van der Waals surface area contributed by atoms with Crippen molar-refractivity contribution in [3.8, 4) is 17.6 Å². The molecule has 2 aromatic rings. The van der Waals surface area contributed by atoms with Crippen molar-refractivity contribution < 1.29 is 27.0 Å². The molecule has 0 aliphatic heterocycles. The Balaban J connectivity index is 2.48. The van der Waals surface area contributed by atoms with Crippen LogP contribution in [0.4, 0.5) is 17.6 Å². The molecule has 2 rings (SSSR count). The molecular weight excluding hydrogens is 370 g/mol. The van der Waals surface area contributed by atoms with Crippen LogP contribution in [0, 0.1) is 25.2 Å². The van der Waals surface area contributed by atoms with E-state index in [4.69, 9.17) is 5.26 Å². The van der Waals surface area contributed by atoms with Crippen LogP contribution in [-0.2, 0) is 0 Å². The average Bonchev–Trinajstić information content (AvgIpc) is 2.55. The maximum Gasteiger partial charge on any atom is 0.387 e. The molecule has 0 aliphatic rings. The Hall–Kier alpha value is -3.35. The molecule has 1 aromatic carbocycles. The number of aryl methyl sites for hydroxylation is 2. The molecule has 1 heterocycles. The zero-order valence-corrected chi connectivity index (χ0v) is 14.1. The van der Waals surface area contributed by atoms with Crippen LogP contribution in [0.15, 0.2) is 34.2 Å². The van der Waals surface area contributed by atoms with Crippen LogP contribution in [0.3, 0.4) is 0 Å². The SMILES string of the molecule is Cc1cc(C)n(/N=C\c2ccc(OC(F)F)cc2OC(F)F)c(=O)c1C#N. The molecule has 0 saturated heterocycles. The lowest BCUT2D eigenvalue weighted by Crippen LogP contribution is -2.22. The number of hydrogen-bond acceptors (Lipinski definition) is 5.